The molecule has 0 amide bonds. The number of nitrogens with zero attached hydrogens (tertiary/aromatic N) is 2. The quantitative estimate of drug-likeness (QED) is 0.0907. The number of aliphatic imine (C=N–C) groups is 2. The zero-order valence-corrected chi connectivity index (χ0v) is 26.5. The largest absolute Gasteiger partial charge is 0.423 e. The van der Waals surface area contributed by atoms with E-state index < -0.39 is 11.9 Å². The van der Waals surface area contributed by atoms with Gasteiger partial charge in [0, 0.05) is 12.4 Å². The van der Waals surface area contributed by atoms with Gasteiger partial charge in [-0.05, 0) is 144 Å². The fourth-order valence-corrected chi connectivity index (χ4v) is 5.08. The maximum absolute atomic E-state index is 12.3. The fourth-order valence-electron chi connectivity index (χ4n) is 5.08. The van der Waals surface area contributed by atoms with Crippen molar-refractivity contribution >= 4 is 35.7 Å². The van der Waals surface area contributed by atoms with E-state index >= 15 is 0 Å². The summed E-state index contributed by atoms with van der Waals surface area (Å²) < 4.78 is 10.9. The number of hydrogen-bond acceptors (Lipinski definition) is 6. The van der Waals surface area contributed by atoms with Crippen LogP contribution in [0.5, 0.6) is 11.5 Å². The van der Waals surface area contributed by atoms with Gasteiger partial charge < -0.3 is 9.47 Å². The number of carbonyl (C=O) groups excluding carboxylic acids is 2. The third-order valence-electron chi connectivity index (χ3n) is 7.64. The first-order valence-electron chi connectivity index (χ1n) is 15.5. The fraction of sp³-hybridized carbons (Fsp3) is 0.0476. The van der Waals surface area contributed by atoms with Gasteiger partial charge in [0.25, 0.3) is 0 Å². The van der Waals surface area contributed by atoms with Crippen LogP contribution in [0.3, 0.4) is 0 Å². The van der Waals surface area contributed by atoms with Crippen LogP contribution in [-0.4, -0.2) is 24.4 Å². The van der Waals surface area contributed by atoms with Crippen molar-refractivity contribution in [1.82, 2.24) is 0 Å². The second kappa shape index (κ2) is 14.8. The van der Waals surface area contributed by atoms with Crippen molar-refractivity contribution in [3.63, 3.8) is 0 Å². The molecule has 234 valence electrons. The third-order valence-corrected chi connectivity index (χ3v) is 7.64. The molecule has 0 aromatic heterocycles. The summed E-state index contributed by atoms with van der Waals surface area (Å²) in [5.41, 5.74) is 8.97. The predicted molar refractivity (Wildman–Crippen MR) is 192 cm³/mol. The molecule has 0 unspecified atom stereocenters. The minimum atomic E-state index is -0.391. The third kappa shape index (κ3) is 8.05. The molecular weight excluding hydrogens is 596 g/mol. The van der Waals surface area contributed by atoms with E-state index in [9.17, 15) is 9.59 Å². The molecule has 0 atom stereocenters. The van der Waals surface area contributed by atoms with E-state index in [0.717, 1.165) is 44.8 Å². The summed E-state index contributed by atoms with van der Waals surface area (Å²) in [6, 6.07) is 44.6. The minimum absolute atomic E-state index is 0.391. The summed E-state index contributed by atoms with van der Waals surface area (Å²) in [4.78, 5) is 33.9. The van der Waals surface area contributed by atoms with Crippen molar-refractivity contribution < 1.29 is 19.1 Å². The van der Waals surface area contributed by atoms with Crippen molar-refractivity contribution in [2.45, 2.75) is 13.8 Å². The summed E-state index contributed by atoms with van der Waals surface area (Å²) in [6.07, 6.45) is 3.58. The predicted octanol–water partition coefficient (Wildman–Crippen LogP) is 9.91. The number of hydrogen-bond donors (Lipinski definition) is 0. The summed E-state index contributed by atoms with van der Waals surface area (Å²) in [5, 5.41) is 0. The highest BCUT2D eigenvalue weighted by Gasteiger charge is 2.10. The molecule has 6 nitrogen and oxygen atoms in total. The second-order valence-corrected chi connectivity index (χ2v) is 11.2. The van der Waals surface area contributed by atoms with E-state index in [0.29, 0.717) is 22.6 Å². The first-order chi connectivity index (χ1) is 23.4. The van der Waals surface area contributed by atoms with Gasteiger partial charge >= 0.3 is 11.9 Å². The van der Waals surface area contributed by atoms with Crippen molar-refractivity contribution in [2.24, 2.45) is 9.98 Å². The Bertz CT molecular complexity index is 1950. The van der Waals surface area contributed by atoms with E-state index in [-0.39, 0.29) is 0 Å². The van der Waals surface area contributed by atoms with Crippen LogP contribution in [0.25, 0.3) is 11.1 Å². The smallest absolute Gasteiger partial charge is 0.343 e. The molecule has 0 heterocycles. The van der Waals surface area contributed by atoms with Crippen LogP contribution >= 0.6 is 0 Å². The van der Waals surface area contributed by atoms with Gasteiger partial charge in [-0.1, -0.05) is 48.5 Å². The van der Waals surface area contributed by atoms with Crippen molar-refractivity contribution in [3.8, 4) is 22.6 Å². The monoisotopic (exact) mass is 628 g/mol. The summed E-state index contributed by atoms with van der Waals surface area (Å²) in [7, 11) is 0. The lowest BCUT2D eigenvalue weighted by molar-refractivity contribution is 0.0725. The molecule has 0 aliphatic heterocycles. The Kier molecular flexibility index (Phi) is 9.73. The van der Waals surface area contributed by atoms with Gasteiger partial charge in [0.1, 0.15) is 11.5 Å². The number of benzene rings is 6. The van der Waals surface area contributed by atoms with E-state index in [1.165, 1.54) is 0 Å². The molecule has 0 fully saturated rings. The average molecular weight is 629 g/mol. The SMILES string of the molecule is Cc1cc(N=Cc2ccc(OC(=O)c3ccccc3)cc2)ccc1-c1ccc(N=Cc2ccc(OC(=O)c3ccccc3)cc2)cc1C. The molecule has 0 bridgehead atoms. The molecule has 48 heavy (non-hydrogen) atoms. The standard InChI is InChI=1S/C42H32N2O4/c1-29-25-35(43-27-31-13-19-37(20-14-31)47-41(45)33-9-5-3-6-10-33)17-23-39(29)40-24-18-36(26-30(40)2)44-28-32-15-21-38(22-16-32)48-42(46)34-11-7-4-8-12-34/h3-28H,1-2H3. The molecule has 6 aromatic rings. The van der Waals surface area contributed by atoms with Crippen molar-refractivity contribution in [3.05, 3.63) is 179 Å². The molecule has 0 spiro atoms. The van der Waals surface area contributed by atoms with Crippen LogP contribution in [0, 0.1) is 13.8 Å². The van der Waals surface area contributed by atoms with E-state index in [4.69, 9.17) is 9.47 Å². The molecule has 6 rings (SSSR count). The minimum Gasteiger partial charge on any atom is -0.423 e. The van der Waals surface area contributed by atoms with Crippen molar-refractivity contribution in [2.75, 3.05) is 0 Å². The molecule has 0 radical (unpaired) electrons. The normalized spacial score (nSPS) is 11.1. The molecule has 6 heteroatoms. The lowest BCUT2D eigenvalue weighted by Gasteiger charge is -2.11. The van der Waals surface area contributed by atoms with Crippen LogP contribution in [-0.2, 0) is 0 Å². The van der Waals surface area contributed by atoms with Gasteiger partial charge in [-0.15, -0.1) is 0 Å². The molecule has 0 aliphatic carbocycles. The van der Waals surface area contributed by atoms with E-state index in [2.05, 4.69) is 48.1 Å². The molecular formula is C42H32N2O4. The molecule has 0 aliphatic rings. The maximum Gasteiger partial charge on any atom is 0.343 e. The van der Waals surface area contributed by atoms with Gasteiger partial charge in [-0.2, -0.15) is 0 Å². The lowest BCUT2D eigenvalue weighted by atomic mass is 9.96. The first-order valence-corrected chi connectivity index (χ1v) is 15.5. The van der Waals surface area contributed by atoms with Gasteiger partial charge in [0.05, 0.1) is 22.5 Å². The van der Waals surface area contributed by atoms with Crippen LogP contribution in [0.2, 0.25) is 0 Å². The molecule has 0 saturated carbocycles. The van der Waals surface area contributed by atoms with Gasteiger partial charge in [-0.25, -0.2) is 9.59 Å². The Hall–Kier alpha value is -6.40. The Balaban J connectivity index is 1.06. The number of esters is 2. The topological polar surface area (TPSA) is 77.3 Å². The highest BCUT2D eigenvalue weighted by Crippen LogP contribution is 2.32. The molecule has 6 aromatic carbocycles. The zero-order chi connectivity index (χ0) is 33.3. The maximum atomic E-state index is 12.3. The number of aryl methyl sites for hydroxylation is 2. The first kappa shape index (κ1) is 31.6. The average Bonchev–Trinajstić information content (AvgIpc) is 3.12. The summed E-state index contributed by atoms with van der Waals surface area (Å²) >= 11 is 0. The number of ether oxygens (including phenoxy) is 2. The zero-order valence-electron chi connectivity index (χ0n) is 26.5. The number of carbonyl (C=O) groups is 2. The second-order valence-electron chi connectivity index (χ2n) is 11.2. The summed E-state index contributed by atoms with van der Waals surface area (Å²) in [6.45, 7) is 4.16. The Morgan fingerprint density at radius 1 is 0.479 bits per heavy atom. The molecule has 0 saturated heterocycles. The Labute approximate surface area is 279 Å². The highest BCUT2D eigenvalue weighted by molar-refractivity contribution is 5.92. The van der Waals surface area contributed by atoms with Crippen LogP contribution in [0.1, 0.15) is 43.0 Å². The van der Waals surface area contributed by atoms with Gasteiger partial charge in [0.15, 0.2) is 0 Å². The van der Waals surface area contributed by atoms with Crippen LogP contribution in [0.15, 0.2) is 156 Å². The van der Waals surface area contributed by atoms with E-state index in [1.54, 1.807) is 85.2 Å². The number of rotatable bonds is 9. The van der Waals surface area contributed by atoms with Crippen LogP contribution < -0.4 is 9.47 Å². The van der Waals surface area contributed by atoms with E-state index in [1.807, 2.05) is 48.5 Å². The van der Waals surface area contributed by atoms with Gasteiger partial charge in [0.2, 0.25) is 0 Å². The Morgan fingerprint density at radius 2 is 0.854 bits per heavy atom. The highest BCUT2D eigenvalue weighted by atomic mass is 16.5. The van der Waals surface area contributed by atoms with Gasteiger partial charge in [-0.3, -0.25) is 9.98 Å². The molecule has 0 N–H and O–H groups in total. The Morgan fingerprint density at radius 3 is 1.21 bits per heavy atom. The lowest BCUT2D eigenvalue weighted by Crippen LogP contribution is -2.07. The van der Waals surface area contributed by atoms with Crippen molar-refractivity contribution in [1.29, 1.82) is 0 Å². The van der Waals surface area contributed by atoms with Crippen LogP contribution in [0.4, 0.5) is 11.4 Å². The summed E-state index contributed by atoms with van der Waals surface area (Å²) in [5.74, 6) is 0.173.